The molecule has 0 bridgehead atoms. The number of ketones is 2. The molecule has 4 amide bonds. The number of amides is 4. The van der Waals surface area contributed by atoms with E-state index < -0.39 is 46.6 Å². The van der Waals surface area contributed by atoms with Crippen molar-refractivity contribution >= 4 is 46.0 Å². The van der Waals surface area contributed by atoms with E-state index in [4.69, 9.17) is 0 Å². The smallest absolute Gasteiger partial charge is 0.261 e. The Balaban J connectivity index is 1.81. The summed E-state index contributed by atoms with van der Waals surface area (Å²) in [6.07, 6.45) is 2.08. The number of hydrogen-bond donors (Lipinski definition) is 0. The minimum absolute atomic E-state index is 0.0126. The van der Waals surface area contributed by atoms with E-state index in [9.17, 15) is 28.8 Å². The third-order valence-electron chi connectivity index (χ3n) is 5.68. The maximum atomic E-state index is 13.6. The average molecular weight is 426 g/mol. The lowest BCUT2D eigenvalue weighted by Crippen LogP contribution is -2.44. The van der Waals surface area contributed by atoms with Crippen molar-refractivity contribution in [2.24, 2.45) is 0 Å². The summed E-state index contributed by atoms with van der Waals surface area (Å²) in [6, 6.07) is 10.1. The molecule has 2 aliphatic heterocycles. The van der Waals surface area contributed by atoms with Crippen molar-refractivity contribution in [1.82, 2.24) is 9.80 Å². The lowest BCUT2D eigenvalue weighted by Gasteiger charge is -2.29. The van der Waals surface area contributed by atoms with Crippen molar-refractivity contribution < 1.29 is 28.8 Å². The van der Waals surface area contributed by atoms with E-state index in [0.29, 0.717) is 20.6 Å². The Bertz CT molecular complexity index is 1350. The quantitative estimate of drug-likeness (QED) is 0.680. The molecule has 0 fully saturated rings. The number of nitrogens with zero attached hydrogens (tertiary/aromatic N) is 2. The molecule has 0 atom stereocenters. The molecule has 1 aliphatic carbocycles. The molecule has 3 aliphatic rings. The van der Waals surface area contributed by atoms with Crippen LogP contribution in [0.25, 0.3) is 10.8 Å². The van der Waals surface area contributed by atoms with E-state index in [2.05, 4.69) is 0 Å². The summed E-state index contributed by atoms with van der Waals surface area (Å²) in [5, 5.41) is 1.35. The molecule has 0 saturated carbocycles. The molecule has 0 saturated heterocycles. The van der Waals surface area contributed by atoms with Gasteiger partial charge in [-0.2, -0.15) is 0 Å². The molecule has 5 rings (SSSR count). The van der Waals surface area contributed by atoms with Crippen LogP contribution in [0.3, 0.4) is 0 Å². The van der Waals surface area contributed by atoms with Gasteiger partial charge in [-0.25, -0.2) is 9.80 Å². The van der Waals surface area contributed by atoms with Crippen LogP contribution in [0.4, 0.5) is 0 Å². The molecule has 2 aromatic carbocycles. The van der Waals surface area contributed by atoms with E-state index in [1.165, 1.54) is 26.0 Å². The van der Waals surface area contributed by atoms with Gasteiger partial charge in [0.15, 0.2) is 0 Å². The first-order valence-corrected chi connectivity index (χ1v) is 9.70. The topological polar surface area (TPSA) is 109 Å². The van der Waals surface area contributed by atoms with E-state index in [1.54, 1.807) is 24.3 Å². The highest BCUT2D eigenvalue weighted by molar-refractivity contribution is 6.34. The molecule has 2 aromatic rings. The lowest BCUT2D eigenvalue weighted by molar-refractivity contribution is -0.137. The first-order chi connectivity index (χ1) is 15.2. The van der Waals surface area contributed by atoms with Gasteiger partial charge in [0.05, 0.1) is 0 Å². The minimum Gasteiger partial charge on any atom is -0.287 e. The summed E-state index contributed by atoms with van der Waals surface area (Å²) in [6.45, 7) is 2.80. The average Bonchev–Trinajstić information content (AvgIpc) is 3.16. The van der Waals surface area contributed by atoms with Gasteiger partial charge in [-0.15, -0.1) is 0 Å². The molecule has 156 valence electrons. The van der Waals surface area contributed by atoms with Gasteiger partial charge in [-0.05, 0) is 36.8 Å². The second-order valence-corrected chi connectivity index (χ2v) is 7.71. The molecule has 8 nitrogen and oxygen atoms in total. The van der Waals surface area contributed by atoms with Crippen LogP contribution in [0.15, 0.2) is 71.1 Å². The van der Waals surface area contributed by atoms with Crippen molar-refractivity contribution in [1.29, 1.82) is 0 Å². The summed E-state index contributed by atoms with van der Waals surface area (Å²) in [5.74, 6) is -4.83. The maximum absolute atomic E-state index is 13.6. The zero-order valence-corrected chi connectivity index (χ0v) is 17.0. The Labute approximate surface area is 181 Å². The van der Waals surface area contributed by atoms with Crippen molar-refractivity contribution in [2.45, 2.75) is 13.8 Å². The van der Waals surface area contributed by atoms with Gasteiger partial charge in [0.1, 0.15) is 11.4 Å². The third-order valence-corrected chi connectivity index (χ3v) is 5.68. The van der Waals surface area contributed by atoms with Crippen LogP contribution in [0, 0.1) is 0 Å². The molecule has 0 radical (unpaired) electrons. The number of hydrogen-bond acceptors (Lipinski definition) is 6. The van der Waals surface area contributed by atoms with Crippen molar-refractivity contribution in [3.63, 3.8) is 0 Å². The number of carbonyl (C=O) groups is 6. The maximum Gasteiger partial charge on any atom is 0.261 e. The number of Topliss-reactive ketones (excluding diaryl/α,β-unsaturated/α-hetero) is 2. The van der Waals surface area contributed by atoms with Gasteiger partial charge in [0.25, 0.3) is 23.6 Å². The molecule has 2 heterocycles. The summed E-state index contributed by atoms with van der Waals surface area (Å²) in [4.78, 5) is 79.0. The molecule has 0 N–H and O–H groups in total. The number of carbonyl (C=O) groups excluding carboxylic acids is 6. The lowest BCUT2D eigenvalue weighted by atomic mass is 9.87. The zero-order valence-electron chi connectivity index (χ0n) is 17.0. The van der Waals surface area contributed by atoms with Crippen molar-refractivity contribution in [3.8, 4) is 0 Å². The molecular formula is C24H14N2O6. The Morgan fingerprint density at radius 3 is 1.28 bits per heavy atom. The molecule has 32 heavy (non-hydrogen) atoms. The van der Waals surface area contributed by atoms with Crippen LogP contribution in [0.1, 0.15) is 34.6 Å². The zero-order chi connectivity index (χ0) is 22.9. The number of rotatable bonds is 2. The monoisotopic (exact) mass is 426 g/mol. The van der Waals surface area contributed by atoms with Gasteiger partial charge in [0.2, 0.25) is 11.6 Å². The highest BCUT2D eigenvalue weighted by Gasteiger charge is 2.47. The second kappa shape index (κ2) is 6.52. The van der Waals surface area contributed by atoms with Crippen LogP contribution in [0.5, 0.6) is 0 Å². The number of benzene rings is 2. The van der Waals surface area contributed by atoms with Crippen LogP contribution in [-0.4, -0.2) is 45.0 Å². The van der Waals surface area contributed by atoms with Gasteiger partial charge in [-0.1, -0.05) is 24.3 Å². The Morgan fingerprint density at radius 1 is 0.594 bits per heavy atom. The first-order valence-electron chi connectivity index (χ1n) is 9.70. The molecule has 0 unspecified atom stereocenters. The molecular weight excluding hydrogens is 412 g/mol. The fraction of sp³-hybridized carbons (Fsp3) is 0.0833. The first kappa shape index (κ1) is 19.5. The van der Waals surface area contributed by atoms with E-state index >= 15 is 0 Å². The van der Waals surface area contributed by atoms with Crippen LogP contribution < -0.4 is 0 Å². The predicted molar refractivity (Wildman–Crippen MR) is 111 cm³/mol. The van der Waals surface area contributed by atoms with Gasteiger partial charge >= 0.3 is 0 Å². The second-order valence-electron chi connectivity index (χ2n) is 7.71. The fourth-order valence-corrected chi connectivity index (χ4v) is 4.10. The Hall–Kier alpha value is -4.46. The van der Waals surface area contributed by atoms with Crippen molar-refractivity contribution in [3.05, 3.63) is 82.2 Å². The largest absolute Gasteiger partial charge is 0.287 e. The van der Waals surface area contributed by atoms with Crippen molar-refractivity contribution in [2.75, 3.05) is 0 Å². The highest BCUT2D eigenvalue weighted by Crippen LogP contribution is 2.36. The van der Waals surface area contributed by atoms with E-state index in [1.807, 2.05) is 0 Å². The molecule has 8 heteroatoms. The van der Waals surface area contributed by atoms with Crippen LogP contribution in [-0.2, 0) is 19.2 Å². The molecule has 0 aromatic heterocycles. The highest BCUT2D eigenvalue weighted by atomic mass is 16.2. The number of fused-ring (bicyclic) bond motifs is 2. The van der Waals surface area contributed by atoms with Crippen LogP contribution >= 0.6 is 0 Å². The standard InChI is InChI=1S/C24H14N2O6/c1-11-7-17(27)25(23(11)31)19-20(26-18(28)8-12(2)24(26)32)22(30)16-10-14-6-4-3-5-13(14)9-15(16)21(19)29/h3-10H,1-2H3. The summed E-state index contributed by atoms with van der Waals surface area (Å²) >= 11 is 0. The summed E-state index contributed by atoms with van der Waals surface area (Å²) in [5.41, 5.74) is -1.07. The Kier molecular flexibility index (Phi) is 3.97. The summed E-state index contributed by atoms with van der Waals surface area (Å²) in [7, 11) is 0. The SMILES string of the molecule is CC1=CC(=O)N(C2=C(N3C(=O)C=C(C)C3=O)C(=O)c3cc4ccccc4cc3C2=O)C1=O. The van der Waals surface area contributed by atoms with Gasteiger partial charge in [0, 0.05) is 34.4 Å². The predicted octanol–water partition coefficient (Wildman–Crippen LogP) is 2.06. The number of imide groups is 2. The number of allylic oxidation sites excluding steroid dienone is 2. The molecule has 0 spiro atoms. The van der Waals surface area contributed by atoms with Gasteiger partial charge < -0.3 is 0 Å². The summed E-state index contributed by atoms with van der Waals surface area (Å²) < 4.78 is 0. The van der Waals surface area contributed by atoms with Gasteiger partial charge in [-0.3, -0.25) is 28.8 Å². The third kappa shape index (κ3) is 2.49. The fourth-order valence-electron chi connectivity index (χ4n) is 4.10. The minimum atomic E-state index is -0.825. The van der Waals surface area contributed by atoms with E-state index in [-0.39, 0.29) is 22.3 Å². The normalized spacial score (nSPS) is 18.8. The Morgan fingerprint density at radius 2 is 0.969 bits per heavy atom. The van der Waals surface area contributed by atoms with E-state index in [0.717, 1.165) is 12.2 Å². The van der Waals surface area contributed by atoms with Crippen LogP contribution in [0.2, 0.25) is 0 Å².